The van der Waals surface area contributed by atoms with Gasteiger partial charge in [0.15, 0.2) is 0 Å². The highest BCUT2D eigenvalue weighted by Gasteiger charge is 2.50. The molecule has 3 heteroatoms. The van der Waals surface area contributed by atoms with E-state index < -0.39 is 0 Å². The molecule has 1 N–H and O–H groups in total. The summed E-state index contributed by atoms with van der Waals surface area (Å²) in [5.74, 6) is 2.75. The Balaban J connectivity index is 1.30. The molecule has 7 rings (SSSR count). The zero-order valence-corrected chi connectivity index (χ0v) is 17.3. The van der Waals surface area contributed by atoms with Crippen LogP contribution in [-0.2, 0) is 0 Å². The van der Waals surface area contributed by atoms with Gasteiger partial charge in [-0.1, -0.05) is 48.5 Å². The summed E-state index contributed by atoms with van der Waals surface area (Å²) in [5.41, 5.74) is 3.85. The summed E-state index contributed by atoms with van der Waals surface area (Å²) in [6, 6.07) is 20.1. The maximum Gasteiger partial charge on any atom is 0.252 e. The van der Waals surface area contributed by atoms with Crippen LogP contribution in [0.1, 0.15) is 48.9 Å². The molecule has 0 saturated heterocycles. The quantitative estimate of drug-likeness (QED) is 0.601. The topological polar surface area (TPSA) is 42.0 Å². The Labute approximate surface area is 177 Å². The van der Waals surface area contributed by atoms with Crippen molar-refractivity contribution in [2.24, 2.45) is 23.2 Å². The molecule has 1 heterocycles. The number of carbonyl (C=O) groups excluding carboxylic acids is 1. The Hall–Kier alpha value is -2.68. The first-order chi connectivity index (χ1) is 14.7. The average Bonchev–Trinajstić information content (AvgIpc) is 2.76. The molecule has 4 bridgehead atoms. The Morgan fingerprint density at radius 2 is 1.53 bits per heavy atom. The summed E-state index contributed by atoms with van der Waals surface area (Å²) in [7, 11) is 0. The second kappa shape index (κ2) is 6.94. The number of aromatic nitrogens is 1. The van der Waals surface area contributed by atoms with Crippen molar-refractivity contribution in [1.29, 1.82) is 0 Å². The first kappa shape index (κ1) is 18.1. The highest BCUT2D eigenvalue weighted by atomic mass is 16.1. The lowest BCUT2D eigenvalue weighted by Gasteiger charge is -2.56. The molecular formula is C27H28N2O. The lowest BCUT2D eigenvalue weighted by molar-refractivity contribution is -0.0503. The van der Waals surface area contributed by atoms with Crippen molar-refractivity contribution in [2.45, 2.75) is 38.5 Å². The fourth-order valence-electron chi connectivity index (χ4n) is 6.99. The fourth-order valence-corrected chi connectivity index (χ4v) is 6.99. The molecule has 4 aliphatic rings. The number of nitrogens with zero attached hydrogens (tertiary/aromatic N) is 1. The van der Waals surface area contributed by atoms with Crippen molar-refractivity contribution >= 4 is 16.8 Å². The van der Waals surface area contributed by atoms with Crippen LogP contribution in [0, 0.1) is 23.2 Å². The van der Waals surface area contributed by atoms with E-state index in [0.717, 1.165) is 52.0 Å². The molecule has 4 saturated carbocycles. The molecule has 0 unspecified atom stereocenters. The van der Waals surface area contributed by atoms with Gasteiger partial charge in [0, 0.05) is 17.5 Å². The van der Waals surface area contributed by atoms with Crippen LogP contribution < -0.4 is 5.32 Å². The Morgan fingerprint density at radius 1 is 0.900 bits per heavy atom. The number of para-hydroxylation sites is 1. The number of hydrogen-bond donors (Lipinski definition) is 1. The maximum absolute atomic E-state index is 13.4. The number of amides is 1. The van der Waals surface area contributed by atoms with E-state index in [4.69, 9.17) is 4.98 Å². The smallest absolute Gasteiger partial charge is 0.252 e. The largest absolute Gasteiger partial charge is 0.351 e. The van der Waals surface area contributed by atoms with Gasteiger partial charge in [0.1, 0.15) is 0 Å². The minimum absolute atomic E-state index is 0.0431. The molecule has 30 heavy (non-hydrogen) atoms. The predicted octanol–water partition coefficient (Wildman–Crippen LogP) is 5.85. The van der Waals surface area contributed by atoms with Gasteiger partial charge in [0.2, 0.25) is 0 Å². The van der Waals surface area contributed by atoms with Crippen LogP contribution in [-0.4, -0.2) is 17.4 Å². The molecule has 0 aliphatic heterocycles. The zero-order valence-electron chi connectivity index (χ0n) is 17.3. The number of pyridine rings is 1. The summed E-state index contributed by atoms with van der Waals surface area (Å²) in [6.07, 6.45) is 8.23. The minimum atomic E-state index is 0.0431. The molecule has 1 aromatic heterocycles. The molecule has 0 radical (unpaired) electrons. The van der Waals surface area contributed by atoms with Crippen LogP contribution >= 0.6 is 0 Å². The predicted molar refractivity (Wildman–Crippen MR) is 120 cm³/mol. The number of carbonyl (C=O) groups is 1. The van der Waals surface area contributed by atoms with Crippen molar-refractivity contribution in [2.75, 3.05) is 6.54 Å². The third-order valence-corrected chi connectivity index (χ3v) is 7.82. The summed E-state index contributed by atoms with van der Waals surface area (Å²) in [5, 5.41) is 4.29. The maximum atomic E-state index is 13.4. The summed E-state index contributed by atoms with van der Waals surface area (Å²) < 4.78 is 0. The van der Waals surface area contributed by atoms with Crippen LogP contribution in [0.15, 0.2) is 60.7 Å². The van der Waals surface area contributed by atoms with Crippen molar-refractivity contribution in [3.8, 4) is 11.3 Å². The molecule has 3 aromatic rings. The Morgan fingerprint density at radius 3 is 2.23 bits per heavy atom. The number of hydrogen-bond acceptors (Lipinski definition) is 2. The van der Waals surface area contributed by atoms with Crippen LogP contribution in [0.2, 0.25) is 0 Å². The molecule has 1 amide bonds. The molecule has 152 valence electrons. The van der Waals surface area contributed by atoms with Gasteiger partial charge in [0.25, 0.3) is 5.91 Å². The SMILES string of the molecule is O=C(NCC12CC3CC(CC(C3)C1)C2)c1cc(-c2ccccc2)nc2ccccc12. The number of nitrogens with one attached hydrogen (secondary N) is 1. The molecule has 3 nitrogen and oxygen atoms in total. The molecule has 4 fully saturated rings. The third kappa shape index (κ3) is 3.12. The van der Waals surface area contributed by atoms with Crippen LogP contribution in [0.4, 0.5) is 0 Å². The third-order valence-electron chi connectivity index (χ3n) is 7.82. The monoisotopic (exact) mass is 396 g/mol. The van der Waals surface area contributed by atoms with Crippen molar-refractivity contribution in [3.05, 3.63) is 66.2 Å². The van der Waals surface area contributed by atoms with Gasteiger partial charge in [0.05, 0.1) is 16.8 Å². The minimum Gasteiger partial charge on any atom is -0.351 e. The highest BCUT2D eigenvalue weighted by molar-refractivity contribution is 6.07. The van der Waals surface area contributed by atoms with E-state index in [-0.39, 0.29) is 5.91 Å². The van der Waals surface area contributed by atoms with Gasteiger partial charge in [-0.2, -0.15) is 0 Å². The first-order valence-corrected chi connectivity index (χ1v) is 11.4. The second-order valence-electron chi connectivity index (χ2n) is 10.0. The lowest BCUT2D eigenvalue weighted by Crippen LogP contribution is -2.51. The van der Waals surface area contributed by atoms with Crippen molar-refractivity contribution in [3.63, 3.8) is 0 Å². The van der Waals surface area contributed by atoms with Gasteiger partial charge in [-0.15, -0.1) is 0 Å². The van der Waals surface area contributed by atoms with Crippen LogP contribution in [0.3, 0.4) is 0 Å². The van der Waals surface area contributed by atoms with E-state index >= 15 is 0 Å². The van der Waals surface area contributed by atoms with E-state index in [1.54, 1.807) is 0 Å². The van der Waals surface area contributed by atoms with Gasteiger partial charge in [-0.25, -0.2) is 4.98 Å². The summed E-state index contributed by atoms with van der Waals surface area (Å²) >= 11 is 0. The highest BCUT2D eigenvalue weighted by Crippen LogP contribution is 2.59. The molecule has 4 aliphatic carbocycles. The number of fused-ring (bicyclic) bond motifs is 1. The van der Waals surface area contributed by atoms with E-state index in [1.807, 2.05) is 60.7 Å². The van der Waals surface area contributed by atoms with Gasteiger partial charge in [-0.05, 0) is 73.8 Å². The summed E-state index contributed by atoms with van der Waals surface area (Å²) in [6.45, 7) is 0.826. The summed E-state index contributed by atoms with van der Waals surface area (Å²) in [4.78, 5) is 18.2. The van der Waals surface area contributed by atoms with E-state index in [1.165, 1.54) is 38.5 Å². The van der Waals surface area contributed by atoms with E-state index in [9.17, 15) is 4.79 Å². The van der Waals surface area contributed by atoms with Crippen LogP contribution in [0.25, 0.3) is 22.2 Å². The van der Waals surface area contributed by atoms with Gasteiger partial charge >= 0.3 is 0 Å². The van der Waals surface area contributed by atoms with Crippen LogP contribution in [0.5, 0.6) is 0 Å². The van der Waals surface area contributed by atoms with Crippen molar-refractivity contribution in [1.82, 2.24) is 10.3 Å². The lowest BCUT2D eigenvalue weighted by atomic mass is 9.49. The average molecular weight is 397 g/mol. The first-order valence-electron chi connectivity index (χ1n) is 11.4. The molecule has 2 aromatic carbocycles. The Bertz CT molecular complexity index is 1070. The molecule has 0 spiro atoms. The zero-order chi connectivity index (χ0) is 20.1. The van der Waals surface area contributed by atoms with E-state index in [0.29, 0.717) is 5.41 Å². The molecule has 0 atom stereocenters. The Kier molecular flexibility index (Phi) is 4.19. The van der Waals surface area contributed by atoms with E-state index in [2.05, 4.69) is 5.32 Å². The number of benzene rings is 2. The van der Waals surface area contributed by atoms with Crippen molar-refractivity contribution < 1.29 is 4.79 Å². The second-order valence-corrected chi connectivity index (χ2v) is 10.0. The molecular weight excluding hydrogens is 368 g/mol. The van der Waals surface area contributed by atoms with Gasteiger partial charge < -0.3 is 5.32 Å². The number of rotatable bonds is 4. The van der Waals surface area contributed by atoms with Gasteiger partial charge in [-0.3, -0.25) is 4.79 Å². The fraction of sp³-hybridized carbons (Fsp3) is 0.407. The normalized spacial score (nSPS) is 29.3. The standard InChI is InChI=1S/C27H28N2O/c30-26(28-17-27-14-18-10-19(15-27)12-20(11-18)16-27)23-13-25(21-6-2-1-3-7-21)29-24-9-5-4-8-22(23)24/h1-9,13,18-20H,10-12,14-17H2,(H,28,30).